The van der Waals surface area contributed by atoms with E-state index in [-0.39, 0.29) is 28.5 Å². The van der Waals surface area contributed by atoms with Crippen LogP contribution in [0.2, 0.25) is 0 Å². The monoisotopic (exact) mass is 518 g/mol. The van der Waals surface area contributed by atoms with Gasteiger partial charge in [0, 0.05) is 0 Å². The highest BCUT2D eigenvalue weighted by Gasteiger charge is 2.45. The van der Waals surface area contributed by atoms with E-state index in [1.54, 1.807) is 32.0 Å². The van der Waals surface area contributed by atoms with Crippen molar-refractivity contribution in [2.45, 2.75) is 40.7 Å². The summed E-state index contributed by atoms with van der Waals surface area (Å²) in [6, 6.07) is 10.0. The molecule has 9 heteroatoms. The molecule has 0 N–H and O–H groups in total. The fourth-order valence-electron chi connectivity index (χ4n) is 4.55. The molecule has 37 heavy (non-hydrogen) atoms. The van der Waals surface area contributed by atoms with Crippen molar-refractivity contribution in [3.05, 3.63) is 85.2 Å². The van der Waals surface area contributed by atoms with E-state index >= 15 is 0 Å². The summed E-state index contributed by atoms with van der Waals surface area (Å²) in [5.74, 6) is -0.421. The van der Waals surface area contributed by atoms with Gasteiger partial charge in [-0.25, -0.2) is 9.78 Å². The van der Waals surface area contributed by atoms with E-state index in [2.05, 4.69) is 4.98 Å². The first-order valence-electron chi connectivity index (χ1n) is 12.0. The van der Waals surface area contributed by atoms with Gasteiger partial charge in [-0.1, -0.05) is 23.5 Å². The lowest BCUT2D eigenvalue weighted by molar-refractivity contribution is 0.0531. The lowest BCUT2D eigenvalue weighted by Gasteiger charge is -2.23. The van der Waals surface area contributed by atoms with Crippen molar-refractivity contribution in [1.29, 1.82) is 0 Å². The maximum Gasteiger partial charge on any atom is 0.350 e. The van der Waals surface area contributed by atoms with E-state index in [4.69, 9.17) is 13.9 Å². The number of benzene rings is 2. The van der Waals surface area contributed by atoms with Crippen LogP contribution in [0.5, 0.6) is 5.75 Å². The van der Waals surface area contributed by atoms with Gasteiger partial charge in [0.1, 0.15) is 16.2 Å². The number of carbonyl (C=O) groups excluding carboxylic acids is 2. The Morgan fingerprint density at radius 2 is 1.84 bits per heavy atom. The Hall–Kier alpha value is -3.98. The number of hydrogen-bond acceptors (Lipinski definition) is 8. The summed E-state index contributed by atoms with van der Waals surface area (Å²) in [7, 11) is 0. The Labute approximate surface area is 217 Å². The van der Waals surface area contributed by atoms with Gasteiger partial charge >= 0.3 is 5.97 Å². The van der Waals surface area contributed by atoms with E-state index in [1.165, 1.54) is 4.90 Å². The summed E-state index contributed by atoms with van der Waals surface area (Å²) in [5, 5.41) is 0.685. The molecule has 1 aliphatic heterocycles. The van der Waals surface area contributed by atoms with Crippen LogP contribution in [0.25, 0.3) is 11.0 Å². The Kier molecular flexibility index (Phi) is 6.33. The van der Waals surface area contributed by atoms with Crippen LogP contribution >= 0.6 is 11.3 Å². The largest absolute Gasteiger partial charge is 0.494 e. The first kappa shape index (κ1) is 24.7. The molecule has 190 valence electrons. The highest BCUT2D eigenvalue weighted by molar-refractivity contribution is 7.17. The lowest BCUT2D eigenvalue weighted by Crippen LogP contribution is -2.29. The van der Waals surface area contributed by atoms with Gasteiger partial charge in [-0.05, 0) is 75.6 Å². The molecule has 0 radical (unpaired) electrons. The summed E-state index contributed by atoms with van der Waals surface area (Å²) < 4.78 is 17.0. The molecule has 0 saturated heterocycles. The molecule has 0 fully saturated rings. The number of ether oxygens (including phenoxy) is 2. The third-order valence-electron chi connectivity index (χ3n) is 6.42. The normalized spacial score (nSPS) is 14.8. The molecule has 0 bridgehead atoms. The first-order chi connectivity index (χ1) is 17.7. The van der Waals surface area contributed by atoms with Gasteiger partial charge in [0.25, 0.3) is 5.91 Å². The minimum Gasteiger partial charge on any atom is -0.494 e. The Bertz CT molecular complexity index is 1620. The van der Waals surface area contributed by atoms with Crippen LogP contribution in [0.1, 0.15) is 68.1 Å². The topological polar surface area (TPSA) is 98.9 Å². The standard InChI is InChI=1S/C28H26N2O6S/c1-6-34-18-10-8-9-17(13-18)22-21-23(31)19-11-14(3)15(4)12-20(19)36-24(21)26(32)30(22)28-29-16(5)25(37-28)27(33)35-7-2/h8-13,22H,6-7H2,1-5H3. The van der Waals surface area contributed by atoms with Crippen molar-refractivity contribution in [3.63, 3.8) is 0 Å². The zero-order valence-electron chi connectivity index (χ0n) is 21.2. The van der Waals surface area contributed by atoms with Crippen molar-refractivity contribution >= 4 is 39.3 Å². The number of thiazole rings is 1. The number of amides is 1. The van der Waals surface area contributed by atoms with Gasteiger partial charge in [0.05, 0.1) is 35.9 Å². The number of carbonyl (C=O) groups is 2. The molecule has 2 aromatic heterocycles. The van der Waals surface area contributed by atoms with Gasteiger partial charge < -0.3 is 13.9 Å². The van der Waals surface area contributed by atoms with E-state index in [9.17, 15) is 14.4 Å². The second kappa shape index (κ2) is 9.48. The summed E-state index contributed by atoms with van der Waals surface area (Å²) >= 11 is 1.05. The smallest absolute Gasteiger partial charge is 0.350 e. The maximum atomic E-state index is 13.9. The van der Waals surface area contributed by atoms with Crippen molar-refractivity contribution in [1.82, 2.24) is 4.98 Å². The number of anilines is 1. The third kappa shape index (κ3) is 4.09. The number of hydrogen-bond donors (Lipinski definition) is 0. The zero-order chi connectivity index (χ0) is 26.4. The van der Waals surface area contributed by atoms with Crippen molar-refractivity contribution in [3.8, 4) is 5.75 Å². The molecule has 0 saturated carbocycles. The SMILES string of the molecule is CCOC(=O)c1sc(N2C(=O)c3oc4cc(C)c(C)cc4c(=O)c3C2c2cccc(OCC)c2)nc1C. The molecule has 1 atom stereocenters. The Balaban J connectivity index is 1.76. The predicted molar refractivity (Wildman–Crippen MR) is 141 cm³/mol. The first-order valence-corrected chi connectivity index (χ1v) is 12.9. The lowest BCUT2D eigenvalue weighted by atomic mass is 9.97. The summed E-state index contributed by atoms with van der Waals surface area (Å²) in [6.45, 7) is 9.83. The van der Waals surface area contributed by atoms with Gasteiger partial charge in [0.2, 0.25) is 5.76 Å². The van der Waals surface area contributed by atoms with Crippen LogP contribution in [0.3, 0.4) is 0 Å². The molecule has 3 heterocycles. The number of esters is 1. The van der Waals surface area contributed by atoms with Crippen molar-refractivity contribution in [2.75, 3.05) is 18.1 Å². The molecule has 8 nitrogen and oxygen atoms in total. The summed E-state index contributed by atoms with van der Waals surface area (Å²) in [4.78, 5) is 46.5. The molecule has 0 spiro atoms. The van der Waals surface area contributed by atoms with Gasteiger partial charge in [-0.2, -0.15) is 0 Å². The van der Waals surface area contributed by atoms with Crippen LogP contribution in [0.15, 0.2) is 45.6 Å². The summed E-state index contributed by atoms with van der Waals surface area (Å²) in [5.41, 5.74) is 3.32. The Morgan fingerprint density at radius 1 is 1.08 bits per heavy atom. The second-order valence-corrected chi connectivity index (χ2v) is 9.80. The van der Waals surface area contributed by atoms with E-state index in [1.807, 2.05) is 39.0 Å². The molecule has 2 aromatic carbocycles. The van der Waals surface area contributed by atoms with Gasteiger partial charge in [0.15, 0.2) is 10.6 Å². The van der Waals surface area contributed by atoms with Crippen LogP contribution in [-0.2, 0) is 4.74 Å². The summed E-state index contributed by atoms with van der Waals surface area (Å²) in [6.07, 6.45) is 0. The minimum atomic E-state index is -0.814. The fraction of sp³-hybridized carbons (Fsp3) is 0.286. The average molecular weight is 519 g/mol. The van der Waals surface area contributed by atoms with E-state index in [0.717, 1.165) is 22.5 Å². The fourth-order valence-corrected chi connectivity index (χ4v) is 5.54. The zero-order valence-corrected chi connectivity index (χ0v) is 22.0. The van der Waals surface area contributed by atoms with Crippen LogP contribution in [0, 0.1) is 20.8 Å². The van der Waals surface area contributed by atoms with E-state index in [0.29, 0.717) is 39.5 Å². The van der Waals surface area contributed by atoms with Gasteiger partial charge in [-0.15, -0.1) is 0 Å². The molecule has 4 aromatic rings. The van der Waals surface area contributed by atoms with Gasteiger partial charge in [-0.3, -0.25) is 14.5 Å². The second-order valence-electron chi connectivity index (χ2n) is 8.82. The molecule has 1 unspecified atom stereocenters. The van der Waals surface area contributed by atoms with Crippen LogP contribution in [-0.4, -0.2) is 30.1 Å². The Morgan fingerprint density at radius 3 is 2.57 bits per heavy atom. The van der Waals surface area contributed by atoms with E-state index < -0.39 is 17.9 Å². The quantitative estimate of drug-likeness (QED) is 0.311. The number of rotatable bonds is 6. The molecule has 0 aliphatic carbocycles. The molecule has 5 rings (SSSR count). The van der Waals surface area contributed by atoms with Crippen LogP contribution < -0.4 is 15.1 Å². The number of aryl methyl sites for hydroxylation is 3. The molecular formula is C28H26N2O6S. The van der Waals surface area contributed by atoms with Crippen molar-refractivity contribution in [2.24, 2.45) is 0 Å². The molecule has 1 amide bonds. The number of aromatic nitrogens is 1. The number of fused-ring (bicyclic) bond motifs is 2. The minimum absolute atomic E-state index is 0.0295. The van der Waals surface area contributed by atoms with Crippen LogP contribution in [0.4, 0.5) is 5.13 Å². The van der Waals surface area contributed by atoms with Crippen molar-refractivity contribution < 1.29 is 23.5 Å². The number of nitrogens with zero attached hydrogens (tertiary/aromatic N) is 2. The maximum absolute atomic E-state index is 13.9. The highest BCUT2D eigenvalue weighted by Crippen LogP contribution is 2.44. The molecule has 1 aliphatic rings. The highest BCUT2D eigenvalue weighted by atomic mass is 32.1. The molecular weight excluding hydrogens is 492 g/mol. The predicted octanol–water partition coefficient (Wildman–Crippen LogP) is 5.50. The average Bonchev–Trinajstić information content (AvgIpc) is 3.38. The third-order valence-corrected chi connectivity index (χ3v) is 7.56.